The number of carbonyl (C=O) groups excluding carboxylic acids is 1. The van der Waals surface area contributed by atoms with Gasteiger partial charge in [-0.25, -0.2) is 4.79 Å². The summed E-state index contributed by atoms with van der Waals surface area (Å²) in [6.45, 7) is 1.65. The highest BCUT2D eigenvalue weighted by molar-refractivity contribution is 9.10. The summed E-state index contributed by atoms with van der Waals surface area (Å²) in [7, 11) is -4.94. The summed E-state index contributed by atoms with van der Waals surface area (Å²) < 4.78 is 39.5. The van der Waals surface area contributed by atoms with Crippen molar-refractivity contribution in [3.63, 3.8) is 0 Å². The van der Waals surface area contributed by atoms with Crippen LogP contribution < -0.4 is 0 Å². The molecule has 0 aliphatic rings. The van der Waals surface area contributed by atoms with Crippen LogP contribution in [0.4, 0.5) is 3.89 Å². The van der Waals surface area contributed by atoms with Gasteiger partial charge < -0.3 is 4.74 Å². The van der Waals surface area contributed by atoms with Gasteiger partial charge in [0.25, 0.3) is 0 Å². The first-order chi connectivity index (χ1) is 7.36. The van der Waals surface area contributed by atoms with Crippen LogP contribution >= 0.6 is 15.9 Å². The van der Waals surface area contributed by atoms with E-state index in [4.69, 9.17) is 0 Å². The van der Waals surface area contributed by atoms with Crippen molar-refractivity contribution in [2.75, 3.05) is 6.61 Å². The van der Waals surface area contributed by atoms with Crippen molar-refractivity contribution in [1.82, 2.24) is 0 Å². The minimum Gasteiger partial charge on any atom is -0.462 e. The zero-order valence-electron chi connectivity index (χ0n) is 8.24. The summed E-state index contributed by atoms with van der Waals surface area (Å²) in [5.74, 6) is -0.875. The summed E-state index contributed by atoms with van der Waals surface area (Å²) in [4.78, 5) is 10.7. The van der Waals surface area contributed by atoms with Gasteiger partial charge in [-0.15, -0.1) is 3.89 Å². The molecule has 0 saturated heterocycles. The van der Waals surface area contributed by atoms with Gasteiger partial charge in [0, 0.05) is 4.47 Å². The molecule has 88 valence electrons. The quantitative estimate of drug-likeness (QED) is 0.635. The average molecular weight is 311 g/mol. The molecule has 1 rings (SSSR count). The van der Waals surface area contributed by atoms with Crippen molar-refractivity contribution in [2.24, 2.45) is 0 Å². The fourth-order valence-corrected chi connectivity index (χ4v) is 2.08. The second kappa shape index (κ2) is 4.92. The van der Waals surface area contributed by atoms with E-state index in [2.05, 4.69) is 20.7 Å². The van der Waals surface area contributed by atoms with Crippen LogP contribution in [0.3, 0.4) is 0 Å². The normalized spacial score (nSPS) is 11.2. The molecule has 0 aliphatic carbocycles. The summed E-state index contributed by atoms with van der Waals surface area (Å²) in [6, 6.07) is 3.53. The third-order valence-electron chi connectivity index (χ3n) is 1.70. The molecule has 1 aromatic rings. The minimum atomic E-state index is -4.94. The molecule has 0 atom stereocenters. The Kier molecular flexibility index (Phi) is 4.03. The molecule has 0 saturated carbocycles. The Hall–Kier alpha value is -0.950. The van der Waals surface area contributed by atoms with E-state index in [9.17, 15) is 17.1 Å². The molecule has 0 radical (unpaired) electrons. The molecule has 16 heavy (non-hydrogen) atoms. The lowest BCUT2D eigenvalue weighted by Gasteiger charge is -2.05. The van der Waals surface area contributed by atoms with Crippen molar-refractivity contribution in [3.8, 4) is 0 Å². The topological polar surface area (TPSA) is 60.4 Å². The largest absolute Gasteiger partial charge is 0.462 e. The molecule has 0 spiro atoms. The number of ether oxygens (including phenoxy) is 1. The van der Waals surface area contributed by atoms with Crippen molar-refractivity contribution in [1.29, 1.82) is 0 Å². The number of carbonyl (C=O) groups is 1. The first-order valence-electron chi connectivity index (χ1n) is 4.27. The predicted octanol–water partition coefficient (Wildman–Crippen LogP) is 2.28. The molecular formula is C9H8BrFO4S. The molecule has 0 aliphatic heterocycles. The monoisotopic (exact) mass is 310 g/mol. The lowest BCUT2D eigenvalue weighted by atomic mass is 10.2. The summed E-state index contributed by atoms with van der Waals surface area (Å²) in [5.41, 5.74) is -0.321. The van der Waals surface area contributed by atoms with Gasteiger partial charge in [-0.3, -0.25) is 0 Å². The van der Waals surface area contributed by atoms with Crippen molar-refractivity contribution in [3.05, 3.63) is 28.2 Å². The van der Waals surface area contributed by atoms with E-state index in [0.29, 0.717) is 4.47 Å². The van der Waals surface area contributed by atoms with Crippen LogP contribution in [0.1, 0.15) is 17.3 Å². The number of halogens is 2. The first-order valence-corrected chi connectivity index (χ1v) is 6.45. The maximum atomic E-state index is 12.9. The molecule has 7 heteroatoms. The van der Waals surface area contributed by atoms with Gasteiger partial charge in [0.05, 0.1) is 12.2 Å². The van der Waals surface area contributed by atoms with Gasteiger partial charge in [0.1, 0.15) is 4.90 Å². The van der Waals surface area contributed by atoms with Gasteiger partial charge in [0.2, 0.25) is 0 Å². The van der Waals surface area contributed by atoms with Crippen LogP contribution in [0.25, 0.3) is 0 Å². The molecule has 0 aromatic heterocycles. The Morgan fingerprint density at radius 3 is 2.62 bits per heavy atom. The third kappa shape index (κ3) is 3.02. The summed E-state index contributed by atoms with van der Waals surface area (Å²) >= 11 is 3.06. The van der Waals surface area contributed by atoms with Crippen LogP contribution in [0.15, 0.2) is 27.6 Å². The van der Waals surface area contributed by atoms with E-state index in [0.717, 1.165) is 6.07 Å². The highest BCUT2D eigenvalue weighted by Crippen LogP contribution is 2.23. The third-order valence-corrected chi connectivity index (χ3v) is 3.07. The van der Waals surface area contributed by atoms with Crippen molar-refractivity contribution >= 4 is 32.1 Å². The van der Waals surface area contributed by atoms with E-state index in [1.807, 2.05) is 0 Å². The standard InChI is InChI=1S/C9H8BrFO4S/c1-2-15-9(12)7-5-6(10)3-4-8(7)16(11,13)14/h3-5H,2H2,1H3. The predicted molar refractivity (Wildman–Crippen MR) is 58.4 cm³/mol. The van der Waals surface area contributed by atoms with E-state index in [1.165, 1.54) is 12.1 Å². The van der Waals surface area contributed by atoms with Gasteiger partial charge in [-0.05, 0) is 25.1 Å². The fraction of sp³-hybridized carbons (Fsp3) is 0.222. The van der Waals surface area contributed by atoms with Gasteiger partial charge >= 0.3 is 16.2 Å². The molecule has 0 bridgehead atoms. The Balaban J connectivity index is 3.35. The summed E-state index contributed by atoms with van der Waals surface area (Å²) in [5, 5.41) is 0. The second-order valence-corrected chi connectivity index (χ2v) is 5.03. The Labute approximate surface area is 101 Å². The molecule has 0 unspecified atom stereocenters. The van der Waals surface area contributed by atoms with Crippen LogP contribution in [0.2, 0.25) is 0 Å². The Morgan fingerprint density at radius 1 is 1.50 bits per heavy atom. The molecule has 0 N–H and O–H groups in total. The average Bonchev–Trinajstić information content (AvgIpc) is 2.16. The van der Waals surface area contributed by atoms with Crippen LogP contribution in [0.5, 0.6) is 0 Å². The maximum Gasteiger partial charge on any atom is 0.339 e. The van der Waals surface area contributed by atoms with E-state index in [-0.39, 0.29) is 12.2 Å². The van der Waals surface area contributed by atoms with Crippen molar-refractivity contribution in [2.45, 2.75) is 11.8 Å². The molecule has 1 aromatic carbocycles. The second-order valence-electron chi connectivity index (χ2n) is 2.80. The molecule has 0 fully saturated rings. The number of rotatable bonds is 3. The fourth-order valence-electron chi connectivity index (χ4n) is 1.08. The lowest BCUT2D eigenvalue weighted by molar-refractivity contribution is 0.0521. The van der Waals surface area contributed by atoms with Crippen LogP contribution in [0, 0.1) is 0 Å². The molecular weight excluding hydrogens is 303 g/mol. The molecule has 4 nitrogen and oxygen atoms in total. The first kappa shape index (κ1) is 13.1. The van der Waals surface area contributed by atoms with E-state index in [1.54, 1.807) is 6.92 Å². The Morgan fingerprint density at radius 2 is 2.12 bits per heavy atom. The number of hydrogen-bond donors (Lipinski definition) is 0. The number of benzene rings is 1. The van der Waals surface area contributed by atoms with E-state index >= 15 is 0 Å². The van der Waals surface area contributed by atoms with Crippen LogP contribution in [-0.4, -0.2) is 21.0 Å². The zero-order valence-corrected chi connectivity index (χ0v) is 10.6. The smallest absolute Gasteiger partial charge is 0.339 e. The van der Waals surface area contributed by atoms with Gasteiger partial charge in [-0.2, -0.15) is 8.42 Å². The lowest BCUT2D eigenvalue weighted by Crippen LogP contribution is -2.09. The highest BCUT2D eigenvalue weighted by atomic mass is 79.9. The van der Waals surface area contributed by atoms with Crippen molar-refractivity contribution < 1.29 is 21.8 Å². The molecule has 0 amide bonds. The highest BCUT2D eigenvalue weighted by Gasteiger charge is 2.22. The maximum absolute atomic E-state index is 12.9. The van der Waals surface area contributed by atoms with Gasteiger partial charge in [-0.1, -0.05) is 15.9 Å². The minimum absolute atomic E-state index is 0.0805. The Bertz CT molecular complexity index is 512. The summed E-state index contributed by atoms with van der Waals surface area (Å²) in [6.07, 6.45) is 0. The SMILES string of the molecule is CCOC(=O)c1cc(Br)ccc1S(=O)(=O)F. The molecule has 0 heterocycles. The van der Waals surface area contributed by atoms with Crippen LogP contribution in [-0.2, 0) is 15.0 Å². The van der Waals surface area contributed by atoms with E-state index < -0.39 is 21.1 Å². The number of esters is 1. The number of hydrogen-bond acceptors (Lipinski definition) is 4. The zero-order chi connectivity index (χ0) is 12.3. The van der Waals surface area contributed by atoms with Gasteiger partial charge in [0.15, 0.2) is 0 Å².